The first-order chi connectivity index (χ1) is 9.69. The Morgan fingerprint density at radius 2 is 2.25 bits per heavy atom. The maximum absolute atomic E-state index is 6.06. The van der Waals surface area contributed by atoms with Crippen LogP contribution in [-0.2, 0) is 19.4 Å². The second-order valence-corrected chi connectivity index (χ2v) is 6.26. The number of aryl methyl sites for hydroxylation is 1. The molecule has 2 aromatic heterocycles. The van der Waals surface area contributed by atoms with E-state index in [1.165, 1.54) is 10.4 Å². The summed E-state index contributed by atoms with van der Waals surface area (Å²) in [5.41, 5.74) is 8.49. The van der Waals surface area contributed by atoms with Gasteiger partial charge in [0.1, 0.15) is 17.5 Å². The highest BCUT2D eigenvalue weighted by molar-refractivity contribution is 7.10. The average molecular weight is 288 g/mol. The zero-order chi connectivity index (χ0) is 14.1. The molecule has 5 heteroatoms. The molecule has 0 saturated heterocycles. The number of thiophene rings is 1. The molecule has 0 atom stereocenters. The van der Waals surface area contributed by atoms with Gasteiger partial charge in [-0.05, 0) is 36.8 Å². The van der Waals surface area contributed by atoms with Crippen molar-refractivity contribution in [3.8, 4) is 0 Å². The van der Waals surface area contributed by atoms with E-state index in [0.29, 0.717) is 5.82 Å². The number of fused-ring (bicyclic) bond motifs is 1. The standard InChI is InChI=1S/C15H20N4S/c1-3-4-13-17-14(16)10(2)15(18-13)19-7-5-12-11(9-19)6-8-20-12/h6,8H,3-5,7,9H2,1-2H3,(H2,16,17,18). The Hall–Kier alpha value is -1.62. The van der Waals surface area contributed by atoms with E-state index >= 15 is 0 Å². The fourth-order valence-corrected chi connectivity index (χ4v) is 3.53. The molecule has 106 valence electrons. The number of hydrogen-bond acceptors (Lipinski definition) is 5. The molecular weight excluding hydrogens is 268 g/mol. The summed E-state index contributed by atoms with van der Waals surface area (Å²) in [4.78, 5) is 13.0. The lowest BCUT2D eigenvalue weighted by Crippen LogP contribution is -2.31. The fraction of sp³-hybridized carbons (Fsp3) is 0.467. The third-order valence-electron chi connectivity index (χ3n) is 3.78. The molecule has 0 saturated carbocycles. The first-order valence-corrected chi connectivity index (χ1v) is 8.00. The summed E-state index contributed by atoms with van der Waals surface area (Å²) < 4.78 is 0. The van der Waals surface area contributed by atoms with E-state index in [9.17, 15) is 0 Å². The summed E-state index contributed by atoms with van der Waals surface area (Å²) in [6.07, 6.45) is 3.02. The molecule has 2 N–H and O–H groups in total. The first kappa shape index (κ1) is 13.4. The van der Waals surface area contributed by atoms with Gasteiger partial charge in [-0.3, -0.25) is 0 Å². The van der Waals surface area contributed by atoms with Crippen molar-refractivity contribution in [2.45, 2.75) is 39.7 Å². The molecule has 0 spiro atoms. The van der Waals surface area contributed by atoms with Gasteiger partial charge in [-0.25, -0.2) is 9.97 Å². The van der Waals surface area contributed by atoms with Crippen LogP contribution in [0.2, 0.25) is 0 Å². The van der Waals surface area contributed by atoms with Crippen molar-refractivity contribution < 1.29 is 0 Å². The molecule has 0 fully saturated rings. The lowest BCUT2D eigenvalue weighted by Gasteiger charge is -2.29. The lowest BCUT2D eigenvalue weighted by atomic mass is 10.1. The largest absolute Gasteiger partial charge is 0.383 e. The molecule has 20 heavy (non-hydrogen) atoms. The Bertz CT molecular complexity index is 620. The van der Waals surface area contributed by atoms with Crippen LogP contribution in [0.1, 0.15) is 35.2 Å². The highest BCUT2D eigenvalue weighted by atomic mass is 32.1. The van der Waals surface area contributed by atoms with Gasteiger partial charge in [0.2, 0.25) is 0 Å². The zero-order valence-corrected chi connectivity index (χ0v) is 12.8. The van der Waals surface area contributed by atoms with E-state index in [0.717, 1.165) is 49.6 Å². The van der Waals surface area contributed by atoms with Crippen LogP contribution < -0.4 is 10.6 Å². The minimum absolute atomic E-state index is 0.620. The summed E-state index contributed by atoms with van der Waals surface area (Å²) in [5.74, 6) is 2.49. The van der Waals surface area contributed by atoms with E-state index in [1.807, 2.05) is 18.3 Å². The Kier molecular flexibility index (Phi) is 3.61. The van der Waals surface area contributed by atoms with Crippen molar-refractivity contribution in [2.75, 3.05) is 17.2 Å². The maximum Gasteiger partial charge on any atom is 0.137 e. The van der Waals surface area contributed by atoms with Crippen LogP contribution in [0, 0.1) is 6.92 Å². The number of nitrogen functional groups attached to an aromatic ring is 1. The normalized spacial score (nSPS) is 14.4. The summed E-state index contributed by atoms with van der Waals surface area (Å²) in [5, 5.41) is 2.18. The Balaban J connectivity index is 1.94. The molecule has 0 aromatic carbocycles. The van der Waals surface area contributed by atoms with Crippen molar-refractivity contribution in [1.82, 2.24) is 9.97 Å². The zero-order valence-electron chi connectivity index (χ0n) is 12.0. The summed E-state index contributed by atoms with van der Waals surface area (Å²) in [7, 11) is 0. The second-order valence-electron chi connectivity index (χ2n) is 5.26. The van der Waals surface area contributed by atoms with Crippen LogP contribution >= 0.6 is 11.3 Å². The predicted octanol–water partition coefficient (Wildman–Crippen LogP) is 2.94. The molecule has 3 heterocycles. The highest BCUT2D eigenvalue weighted by Gasteiger charge is 2.21. The van der Waals surface area contributed by atoms with Gasteiger partial charge in [-0.15, -0.1) is 11.3 Å². The molecule has 0 radical (unpaired) electrons. The molecule has 0 aliphatic carbocycles. The topological polar surface area (TPSA) is 55.0 Å². The molecule has 0 bridgehead atoms. The van der Waals surface area contributed by atoms with Crippen molar-refractivity contribution in [1.29, 1.82) is 0 Å². The highest BCUT2D eigenvalue weighted by Crippen LogP contribution is 2.30. The van der Waals surface area contributed by atoms with E-state index in [-0.39, 0.29) is 0 Å². The van der Waals surface area contributed by atoms with Crippen LogP contribution in [0.15, 0.2) is 11.4 Å². The molecule has 1 aliphatic heterocycles. The smallest absolute Gasteiger partial charge is 0.137 e. The monoisotopic (exact) mass is 288 g/mol. The minimum atomic E-state index is 0.620. The first-order valence-electron chi connectivity index (χ1n) is 7.12. The molecule has 3 rings (SSSR count). The van der Waals surface area contributed by atoms with E-state index < -0.39 is 0 Å². The Labute approximate surface area is 123 Å². The number of anilines is 2. The van der Waals surface area contributed by atoms with Crippen molar-refractivity contribution >= 4 is 23.0 Å². The number of nitrogens with two attached hydrogens (primary N) is 1. The van der Waals surface area contributed by atoms with Crippen molar-refractivity contribution in [2.24, 2.45) is 0 Å². The van der Waals surface area contributed by atoms with Gasteiger partial charge < -0.3 is 10.6 Å². The van der Waals surface area contributed by atoms with Crippen LogP contribution in [-0.4, -0.2) is 16.5 Å². The average Bonchev–Trinajstić information content (AvgIpc) is 2.90. The van der Waals surface area contributed by atoms with Crippen molar-refractivity contribution in [3.63, 3.8) is 0 Å². The number of rotatable bonds is 3. The van der Waals surface area contributed by atoms with Gasteiger partial charge in [-0.1, -0.05) is 6.92 Å². The van der Waals surface area contributed by atoms with Gasteiger partial charge in [-0.2, -0.15) is 0 Å². The number of aromatic nitrogens is 2. The lowest BCUT2D eigenvalue weighted by molar-refractivity contribution is 0.718. The summed E-state index contributed by atoms with van der Waals surface area (Å²) in [6.45, 7) is 6.10. The van der Waals surface area contributed by atoms with Crippen molar-refractivity contribution in [3.05, 3.63) is 33.3 Å². The van der Waals surface area contributed by atoms with Crippen LogP contribution in [0.3, 0.4) is 0 Å². The van der Waals surface area contributed by atoms with E-state index in [4.69, 9.17) is 10.7 Å². The summed E-state index contributed by atoms with van der Waals surface area (Å²) >= 11 is 1.86. The number of hydrogen-bond donors (Lipinski definition) is 1. The molecule has 1 aliphatic rings. The quantitative estimate of drug-likeness (QED) is 0.943. The van der Waals surface area contributed by atoms with Gasteiger partial charge >= 0.3 is 0 Å². The van der Waals surface area contributed by atoms with Gasteiger partial charge in [0.15, 0.2) is 0 Å². The predicted molar refractivity (Wildman–Crippen MR) is 84.2 cm³/mol. The molecular formula is C15H20N4S. The fourth-order valence-electron chi connectivity index (χ4n) is 2.64. The van der Waals surface area contributed by atoms with E-state index in [1.54, 1.807) is 0 Å². The number of nitrogens with zero attached hydrogens (tertiary/aromatic N) is 3. The third kappa shape index (κ3) is 2.38. The van der Waals surface area contributed by atoms with Crippen LogP contribution in [0.5, 0.6) is 0 Å². The minimum Gasteiger partial charge on any atom is -0.383 e. The van der Waals surface area contributed by atoms with Crippen LogP contribution in [0.4, 0.5) is 11.6 Å². The van der Waals surface area contributed by atoms with E-state index in [2.05, 4.69) is 28.3 Å². The van der Waals surface area contributed by atoms with Gasteiger partial charge in [0.25, 0.3) is 0 Å². The third-order valence-corrected chi connectivity index (χ3v) is 4.81. The molecule has 4 nitrogen and oxygen atoms in total. The molecule has 0 amide bonds. The summed E-state index contributed by atoms with van der Waals surface area (Å²) in [6, 6.07) is 2.22. The maximum atomic E-state index is 6.06. The Morgan fingerprint density at radius 1 is 1.40 bits per heavy atom. The van der Waals surface area contributed by atoms with Crippen LogP contribution in [0.25, 0.3) is 0 Å². The Morgan fingerprint density at radius 3 is 3.05 bits per heavy atom. The molecule has 2 aromatic rings. The van der Waals surface area contributed by atoms with Gasteiger partial charge in [0.05, 0.1) is 0 Å². The molecule has 0 unspecified atom stereocenters. The SMILES string of the molecule is CCCc1nc(N)c(C)c(N2CCc3sccc3C2)n1. The second kappa shape index (κ2) is 5.40. The van der Waals surface area contributed by atoms with Gasteiger partial charge in [0, 0.05) is 30.0 Å².